The van der Waals surface area contributed by atoms with E-state index in [4.69, 9.17) is 10.5 Å². The maximum atomic E-state index is 12.5. The van der Waals surface area contributed by atoms with Crippen molar-refractivity contribution in [3.63, 3.8) is 0 Å². The van der Waals surface area contributed by atoms with Crippen molar-refractivity contribution in [1.82, 2.24) is 0 Å². The standard InChI is InChI=1S/C14H14INO3S/c1-19-13-8-12(16)6-7-14(13)20(17,18)9-10-2-4-11(15)5-3-10/h2-8H,9,16H2,1H3. The zero-order valence-electron chi connectivity index (χ0n) is 10.8. The van der Waals surface area contributed by atoms with E-state index in [1.165, 1.54) is 19.2 Å². The van der Waals surface area contributed by atoms with E-state index in [1.807, 2.05) is 24.3 Å². The van der Waals surface area contributed by atoms with Crippen LogP contribution in [0.1, 0.15) is 5.56 Å². The molecule has 0 bridgehead atoms. The lowest BCUT2D eigenvalue weighted by Crippen LogP contribution is -2.07. The van der Waals surface area contributed by atoms with Gasteiger partial charge in [-0.15, -0.1) is 0 Å². The average molecular weight is 403 g/mol. The topological polar surface area (TPSA) is 69.4 Å². The van der Waals surface area contributed by atoms with Gasteiger partial charge < -0.3 is 10.5 Å². The van der Waals surface area contributed by atoms with Crippen LogP contribution in [0.15, 0.2) is 47.4 Å². The summed E-state index contributed by atoms with van der Waals surface area (Å²) in [7, 11) is -2.04. The van der Waals surface area contributed by atoms with Gasteiger partial charge in [0.1, 0.15) is 10.6 Å². The number of ether oxygens (including phenoxy) is 1. The minimum Gasteiger partial charge on any atom is -0.495 e. The van der Waals surface area contributed by atoms with Crippen molar-refractivity contribution in [3.05, 3.63) is 51.6 Å². The molecule has 0 radical (unpaired) electrons. The lowest BCUT2D eigenvalue weighted by atomic mass is 10.2. The van der Waals surface area contributed by atoms with Crippen LogP contribution in [0.4, 0.5) is 5.69 Å². The Kier molecular flexibility index (Phi) is 4.54. The molecule has 106 valence electrons. The fraction of sp³-hybridized carbons (Fsp3) is 0.143. The van der Waals surface area contributed by atoms with Crippen molar-refractivity contribution in [2.45, 2.75) is 10.6 Å². The first-order valence-electron chi connectivity index (χ1n) is 5.83. The smallest absolute Gasteiger partial charge is 0.186 e. The minimum absolute atomic E-state index is 0.0653. The molecular formula is C14H14INO3S. The predicted octanol–water partition coefficient (Wildman–Crippen LogP) is 2.86. The van der Waals surface area contributed by atoms with Crippen LogP contribution in [-0.2, 0) is 15.6 Å². The number of nitrogen functional groups attached to an aromatic ring is 1. The van der Waals surface area contributed by atoms with Gasteiger partial charge in [0.05, 0.1) is 12.9 Å². The normalized spacial score (nSPS) is 11.3. The molecule has 0 unspecified atom stereocenters. The van der Waals surface area contributed by atoms with Gasteiger partial charge in [0, 0.05) is 15.3 Å². The van der Waals surface area contributed by atoms with E-state index in [1.54, 1.807) is 6.07 Å². The Hall–Kier alpha value is -1.28. The summed E-state index contributed by atoms with van der Waals surface area (Å²) in [6, 6.07) is 11.9. The molecule has 2 aromatic rings. The average Bonchev–Trinajstić information content (AvgIpc) is 2.40. The highest BCUT2D eigenvalue weighted by Gasteiger charge is 2.20. The number of benzene rings is 2. The second kappa shape index (κ2) is 6.01. The van der Waals surface area contributed by atoms with Crippen molar-refractivity contribution < 1.29 is 13.2 Å². The van der Waals surface area contributed by atoms with Crippen molar-refractivity contribution in [2.24, 2.45) is 0 Å². The fourth-order valence-electron chi connectivity index (χ4n) is 1.82. The number of sulfone groups is 1. The third kappa shape index (κ3) is 3.43. The van der Waals surface area contributed by atoms with Crippen molar-refractivity contribution in [2.75, 3.05) is 12.8 Å². The Labute approximate surface area is 132 Å². The summed E-state index contributed by atoms with van der Waals surface area (Å²) in [5, 5.41) is 0. The van der Waals surface area contributed by atoms with Crippen LogP contribution in [0.3, 0.4) is 0 Å². The second-order valence-electron chi connectivity index (χ2n) is 4.30. The summed E-state index contributed by atoms with van der Waals surface area (Å²) < 4.78 is 31.1. The maximum Gasteiger partial charge on any atom is 0.186 e. The molecular weight excluding hydrogens is 389 g/mol. The highest BCUT2D eigenvalue weighted by Crippen LogP contribution is 2.28. The monoisotopic (exact) mass is 403 g/mol. The van der Waals surface area contributed by atoms with E-state index >= 15 is 0 Å². The van der Waals surface area contributed by atoms with E-state index in [2.05, 4.69) is 22.6 Å². The molecule has 0 spiro atoms. The number of methoxy groups -OCH3 is 1. The highest BCUT2D eigenvalue weighted by molar-refractivity contribution is 14.1. The van der Waals surface area contributed by atoms with E-state index in [9.17, 15) is 8.42 Å². The number of anilines is 1. The Morgan fingerprint density at radius 3 is 2.40 bits per heavy atom. The van der Waals surface area contributed by atoms with Gasteiger partial charge in [0.2, 0.25) is 0 Å². The molecule has 0 saturated carbocycles. The molecule has 0 aliphatic rings. The van der Waals surface area contributed by atoms with E-state index < -0.39 is 9.84 Å². The Balaban J connectivity index is 2.38. The zero-order chi connectivity index (χ0) is 14.8. The quantitative estimate of drug-likeness (QED) is 0.630. The predicted molar refractivity (Wildman–Crippen MR) is 87.5 cm³/mol. The molecule has 0 atom stereocenters. The second-order valence-corrected chi connectivity index (χ2v) is 7.50. The van der Waals surface area contributed by atoms with Crippen LogP contribution in [0.5, 0.6) is 5.75 Å². The van der Waals surface area contributed by atoms with Crippen LogP contribution in [0.2, 0.25) is 0 Å². The minimum atomic E-state index is -3.47. The molecule has 0 aliphatic heterocycles. The van der Waals surface area contributed by atoms with Gasteiger partial charge in [-0.1, -0.05) is 12.1 Å². The molecule has 0 aliphatic carbocycles. The summed E-state index contributed by atoms with van der Waals surface area (Å²) in [5.74, 6) is 0.208. The first-order valence-corrected chi connectivity index (χ1v) is 8.56. The van der Waals surface area contributed by atoms with Crippen molar-refractivity contribution in [3.8, 4) is 5.75 Å². The number of hydrogen-bond acceptors (Lipinski definition) is 4. The summed E-state index contributed by atoms with van der Waals surface area (Å²) in [5.41, 5.74) is 6.85. The maximum absolute atomic E-state index is 12.5. The van der Waals surface area contributed by atoms with Gasteiger partial charge in [-0.3, -0.25) is 0 Å². The highest BCUT2D eigenvalue weighted by atomic mass is 127. The third-order valence-corrected chi connectivity index (χ3v) is 5.23. The van der Waals surface area contributed by atoms with Crippen molar-refractivity contribution in [1.29, 1.82) is 0 Å². The molecule has 20 heavy (non-hydrogen) atoms. The van der Waals surface area contributed by atoms with Gasteiger partial charge in [-0.2, -0.15) is 0 Å². The Bertz CT molecular complexity index is 712. The first-order chi connectivity index (χ1) is 9.42. The summed E-state index contributed by atoms with van der Waals surface area (Å²) >= 11 is 2.18. The van der Waals surface area contributed by atoms with Crippen molar-refractivity contribution >= 4 is 38.1 Å². The third-order valence-electron chi connectivity index (χ3n) is 2.79. The molecule has 0 heterocycles. The number of nitrogens with two attached hydrogens (primary N) is 1. The molecule has 4 nitrogen and oxygen atoms in total. The van der Waals surface area contributed by atoms with E-state index in [0.29, 0.717) is 5.69 Å². The van der Waals surface area contributed by atoms with E-state index in [-0.39, 0.29) is 16.4 Å². The van der Waals surface area contributed by atoms with Crippen LogP contribution >= 0.6 is 22.6 Å². The van der Waals surface area contributed by atoms with Crippen LogP contribution in [0, 0.1) is 3.57 Å². The molecule has 2 N–H and O–H groups in total. The summed E-state index contributed by atoms with van der Waals surface area (Å²) in [6.07, 6.45) is 0. The first kappa shape index (κ1) is 15.1. The Morgan fingerprint density at radius 1 is 1.15 bits per heavy atom. The lowest BCUT2D eigenvalue weighted by molar-refractivity contribution is 0.403. The Morgan fingerprint density at radius 2 is 1.80 bits per heavy atom. The molecule has 0 amide bonds. The summed E-state index contributed by atoms with van der Waals surface area (Å²) in [6.45, 7) is 0. The van der Waals surface area contributed by atoms with Gasteiger partial charge >= 0.3 is 0 Å². The fourth-order valence-corrected chi connectivity index (χ4v) is 3.69. The molecule has 2 aromatic carbocycles. The van der Waals surface area contributed by atoms with E-state index in [0.717, 1.165) is 9.13 Å². The van der Waals surface area contributed by atoms with Gasteiger partial charge in [0.15, 0.2) is 9.84 Å². The number of halogens is 1. The SMILES string of the molecule is COc1cc(N)ccc1S(=O)(=O)Cc1ccc(I)cc1. The molecule has 0 saturated heterocycles. The molecule has 0 aromatic heterocycles. The van der Waals surface area contributed by atoms with Crippen LogP contribution < -0.4 is 10.5 Å². The number of hydrogen-bond donors (Lipinski definition) is 1. The molecule has 6 heteroatoms. The largest absolute Gasteiger partial charge is 0.495 e. The molecule has 2 rings (SSSR count). The molecule has 0 fully saturated rings. The van der Waals surface area contributed by atoms with Gasteiger partial charge in [-0.25, -0.2) is 8.42 Å². The van der Waals surface area contributed by atoms with Crippen LogP contribution in [-0.4, -0.2) is 15.5 Å². The van der Waals surface area contributed by atoms with Gasteiger partial charge in [0.25, 0.3) is 0 Å². The number of rotatable bonds is 4. The van der Waals surface area contributed by atoms with Gasteiger partial charge in [-0.05, 0) is 52.4 Å². The zero-order valence-corrected chi connectivity index (χ0v) is 13.8. The lowest BCUT2D eigenvalue weighted by Gasteiger charge is -2.10. The summed E-state index contributed by atoms with van der Waals surface area (Å²) in [4.78, 5) is 0.160. The van der Waals surface area contributed by atoms with Crippen LogP contribution in [0.25, 0.3) is 0 Å².